The number of rotatable bonds is 3. The first kappa shape index (κ1) is 16.3. The van der Waals surface area contributed by atoms with Crippen LogP contribution in [-0.4, -0.2) is 37.5 Å². The van der Waals surface area contributed by atoms with Gasteiger partial charge in [-0.2, -0.15) is 5.10 Å². The summed E-state index contributed by atoms with van der Waals surface area (Å²) in [4.78, 5) is 24.4. The quantitative estimate of drug-likeness (QED) is 0.559. The fraction of sp³-hybridized carbons (Fsp3) is 0.250. The van der Waals surface area contributed by atoms with E-state index < -0.39 is 0 Å². The van der Waals surface area contributed by atoms with E-state index in [0.29, 0.717) is 5.56 Å². The van der Waals surface area contributed by atoms with Crippen molar-refractivity contribution in [3.05, 3.63) is 58.9 Å². The van der Waals surface area contributed by atoms with Crippen molar-refractivity contribution in [2.75, 3.05) is 6.54 Å². The highest BCUT2D eigenvalue weighted by Crippen LogP contribution is 2.35. The van der Waals surface area contributed by atoms with Crippen molar-refractivity contribution in [2.45, 2.75) is 25.8 Å². The molecule has 3 aromatic heterocycles. The predicted octanol–water partition coefficient (Wildman–Crippen LogP) is 4.30. The lowest BCUT2D eigenvalue weighted by molar-refractivity contribution is 0.0731. The SMILES string of the molecule is Cc1ccc2nc([C@H]3CCCN3C(=O)c3cn[nH]c3-c3cccs3)[nH]c2c1. The van der Waals surface area contributed by atoms with Crippen LogP contribution in [-0.2, 0) is 0 Å². The lowest BCUT2D eigenvalue weighted by Crippen LogP contribution is -2.31. The van der Waals surface area contributed by atoms with Gasteiger partial charge >= 0.3 is 0 Å². The topological polar surface area (TPSA) is 77.7 Å². The number of nitrogens with one attached hydrogen (secondary N) is 2. The number of H-pyrrole nitrogens is 2. The van der Waals surface area contributed by atoms with E-state index in [-0.39, 0.29) is 11.9 Å². The number of aryl methyl sites for hydroxylation is 1. The number of benzene rings is 1. The van der Waals surface area contributed by atoms with Gasteiger partial charge in [-0.3, -0.25) is 9.89 Å². The van der Waals surface area contributed by atoms with Crippen molar-refractivity contribution in [2.24, 2.45) is 0 Å². The molecular weight excluding hydrogens is 358 g/mol. The lowest BCUT2D eigenvalue weighted by atomic mass is 10.1. The van der Waals surface area contributed by atoms with E-state index in [9.17, 15) is 4.79 Å². The van der Waals surface area contributed by atoms with Crippen molar-refractivity contribution in [1.82, 2.24) is 25.1 Å². The minimum atomic E-state index is -0.0312. The molecule has 7 heteroatoms. The number of carbonyl (C=O) groups excluding carboxylic acids is 1. The molecule has 6 nitrogen and oxygen atoms in total. The number of likely N-dealkylation sites (tertiary alicyclic amines) is 1. The van der Waals surface area contributed by atoms with Gasteiger partial charge in [-0.05, 0) is 48.9 Å². The molecule has 1 saturated heterocycles. The van der Waals surface area contributed by atoms with Crippen LogP contribution in [0, 0.1) is 6.92 Å². The number of hydrogen-bond donors (Lipinski definition) is 2. The zero-order valence-corrected chi connectivity index (χ0v) is 15.7. The molecule has 1 aliphatic rings. The van der Waals surface area contributed by atoms with Crippen LogP contribution in [0.25, 0.3) is 21.6 Å². The average Bonchev–Trinajstić information content (AvgIpc) is 3.46. The first-order valence-electron chi connectivity index (χ1n) is 9.05. The molecule has 1 fully saturated rings. The Kier molecular flexibility index (Phi) is 3.82. The molecule has 4 heterocycles. The van der Waals surface area contributed by atoms with Crippen molar-refractivity contribution in [3.63, 3.8) is 0 Å². The summed E-state index contributed by atoms with van der Waals surface area (Å²) >= 11 is 1.60. The normalized spacial score (nSPS) is 17.1. The highest BCUT2D eigenvalue weighted by atomic mass is 32.1. The molecule has 1 amide bonds. The maximum atomic E-state index is 13.3. The highest BCUT2D eigenvalue weighted by molar-refractivity contribution is 7.13. The number of nitrogens with zero attached hydrogens (tertiary/aromatic N) is 3. The van der Waals surface area contributed by atoms with Gasteiger partial charge in [0.05, 0.1) is 39.4 Å². The van der Waals surface area contributed by atoms with Gasteiger partial charge in [-0.15, -0.1) is 11.3 Å². The summed E-state index contributed by atoms with van der Waals surface area (Å²) in [5.74, 6) is 0.869. The van der Waals surface area contributed by atoms with Crippen molar-refractivity contribution in [1.29, 1.82) is 0 Å². The fourth-order valence-corrected chi connectivity index (χ4v) is 4.54. The molecule has 0 saturated carbocycles. The van der Waals surface area contributed by atoms with Gasteiger partial charge in [0.1, 0.15) is 5.82 Å². The summed E-state index contributed by atoms with van der Waals surface area (Å²) in [7, 11) is 0. The van der Waals surface area contributed by atoms with E-state index in [1.165, 1.54) is 5.56 Å². The van der Waals surface area contributed by atoms with Crippen LogP contribution in [0.5, 0.6) is 0 Å². The summed E-state index contributed by atoms with van der Waals surface area (Å²) in [6.45, 7) is 2.80. The molecule has 1 aromatic carbocycles. The van der Waals surface area contributed by atoms with E-state index in [1.54, 1.807) is 17.5 Å². The summed E-state index contributed by atoms with van der Waals surface area (Å²) < 4.78 is 0. The first-order chi connectivity index (χ1) is 13.2. The Morgan fingerprint density at radius 2 is 2.26 bits per heavy atom. The molecule has 0 bridgehead atoms. The Labute approximate surface area is 160 Å². The van der Waals surface area contributed by atoms with Crippen LogP contribution < -0.4 is 0 Å². The molecule has 136 valence electrons. The summed E-state index contributed by atoms with van der Waals surface area (Å²) in [5.41, 5.74) is 4.57. The van der Waals surface area contributed by atoms with E-state index in [4.69, 9.17) is 4.98 Å². The number of hydrogen-bond acceptors (Lipinski definition) is 4. The summed E-state index contributed by atoms with van der Waals surface area (Å²) in [6, 6.07) is 10.1. The number of aromatic amines is 2. The molecule has 27 heavy (non-hydrogen) atoms. The van der Waals surface area contributed by atoms with Crippen LogP contribution in [0.4, 0.5) is 0 Å². The Bertz CT molecular complexity index is 1110. The molecule has 0 unspecified atom stereocenters. The maximum absolute atomic E-state index is 13.3. The second-order valence-corrected chi connectivity index (χ2v) is 7.88. The zero-order chi connectivity index (χ0) is 18.4. The number of carbonyl (C=O) groups is 1. The Hall–Kier alpha value is -2.93. The van der Waals surface area contributed by atoms with Crippen LogP contribution in [0.2, 0.25) is 0 Å². The van der Waals surface area contributed by atoms with E-state index >= 15 is 0 Å². The summed E-state index contributed by atoms with van der Waals surface area (Å²) in [6.07, 6.45) is 3.52. The van der Waals surface area contributed by atoms with Crippen molar-refractivity contribution >= 4 is 28.3 Å². The molecule has 2 N–H and O–H groups in total. The third kappa shape index (κ3) is 2.75. The van der Waals surface area contributed by atoms with Gasteiger partial charge in [-0.1, -0.05) is 12.1 Å². The monoisotopic (exact) mass is 377 g/mol. The largest absolute Gasteiger partial charge is 0.340 e. The number of thiophene rings is 1. The van der Waals surface area contributed by atoms with Crippen molar-refractivity contribution in [3.8, 4) is 10.6 Å². The highest BCUT2D eigenvalue weighted by Gasteiger charge is 2.34. The van der Waals surface area contributed by atoms with Gasteiger partial charge in [0.15, 0.2) is 0 Å². The predicted molar refractivity (Wildman–Crippen MR) is 106 cm³/mol. The van der Waals surface area contributed by atoms with E-state index in [0.717, 1.165) is 46.8 Å². The first-order valence-corrected chi connectivity index (χ1v) is 9.93. The molecule has 1 aliphatic heterocycles. The molecule has 0 aliphatic carbocycles. The minimum absolute atomic E-state index is 0.00582. The van der Waals surface area contributed by atoms with Crippen LogP contribution in [0.1, 0.15) is 40.6 Å². The number of fused-ring (bicyclic) bond motifs is 1. The van der Waals surface area contributed by atoms with Crippen LogP contribution in [0.3, 0.4) is 0 Å². The maximum Gasteiger partial charge on any atom is 0.258 e. The molecule has 4 aromatic rings. The number of aromatic nitrogens is 4. The van der Waals surface area contributed by atoms with Gasteiger partial charge in [-0.25, -0.2) is 4.98 Å². The smallest absolute Gasteiger partial charge is 0.258 e. The van der Waals surface area contributed by atoms with E-state index in [2.05, 4.69) is 34.2 Å². The zero-order valence-electron chi connectivity index (χ0n) is 14.9. The Balaban J connectivity index is 1.49. The van der Waals surface area contributed by atoms with Gasteiger partial charge in [0, 0.05) is 6.54 Å². The average molecular weight is 377 g/mol. The lowest BCUT2D eigenvalue weighted by Gasteiger charge is -2.23. The van der Waals surface area contributed by atoms with Gasteiger partial charge in [0.2, 0.25) is 0 Å². The second-order valence-electron chi connectivity index (χ2n) is 6.94. The molecule has 5 rings (SSSR count). The van der Waals surface area contributed by atoms with E-state index in [1.807, 2.05) is 28.5 Å². The molecular formula is C20H19N5OS. The Morgan fingerprint density at radius 1 is 1.33 bits per heavy atom. The standard InChI is InChI=1S/C20H19N5OS/c1-12-6-7-14-15(10-12)23-19(22-14)16-4-2-8-25(16)20(26)13-11-21-24-18(13)17-5-3-9-27-17/h3,5-7,9-11,16H,2,4,8H2,1H3,(H,21,24)(H,22,23)/t16-/m1/s1. The number of imidazole rings is 1. The fourth-order valence-electron chi connectivity index (χ4n) is 3.81. The molecule has 0 spiro atoms. The van der Waals surface area contributed by atoms with Crippen LogP contribution >= 0.6 is 11.3 Å². The minimum Gasteiger partial charge on any atom is -0.340 e. The van der Waals surface area contributed by atoms with Crippen LogP contribution in [0.15, 0.2) is 41.9 Å². The third-order valence-corrected chi connectivity index (χ3v) is 6.01. The third-order valence-electron chi connectivity index (χ3n) is 5.12. The second kappa shape index (κ2) is 6.35. The van der Waals surface area contributed by atoms with Gasteiger partial charge in [0.25, 0.3) is 5.91 Å². The summed E-state index contributed by atoms with van der Waals surface area (Å²) in [5, 5.41) is 9.11. The molecule has 1 atom stereocenters. The van der Waals surface area contributed by atoms with Crippen molar-refractivity contribution < 1.29 is 4.79 Å². The molecule has 0 radical (unpaired) electrons. The van der Waals surface area contributed by atoms with Gasteiger partial charge < -0.3 is 9.88 Å². The number of amides is 1. The Morgan fingerprint density at radius 3 is 3.11 bits per heavy atom.